The number of aliphatic imine (C=N–C) groups is 1. The molecule has 0 unspecified atom stereocenters. The Hall–Kier alpha value is -1.29. The number of rotatable bonds is 3. The van der Waals surface area contributed by atoms with Crippen LogP contribution in [0.3, 0.4) is 0 Å². The maximum atomic E-state index is 12.8. The molecule has 0 fully saturated rings. The summed E-state index contributed by atoms with van der Waals surface area (Å²) in [6, 6.07) is 4.71. The second-order valence-corrected chi connectivity index (χ2v) is 3.14. The summed E-state index contributed by atoms with van der Waals surface area (Å²) >= 11 is 3.97. The fourth-order valence-electron chi connectivity index (χ4n) is 0.925. The van der Waals surface area contributed by atoms with Crippen LogP contribution in [0.5, 0.6) is 0 Å². The van der Waals surface area contributed by atoms with Crippen LogP contribution >= 0.6 is 12.6 Å². The van der Waals surface area contributed by atoms with Gasteiger partial charge in [0.1, 0.15) is 5.82 Å². The molecule has 0 spiro atoms. The van der Waals surface area contributed by atoms with Crippen molar-refractivity contribution in [3.63, 3.8) is 0 Å². The van der Waals surface area contributed by atoms with Crippen molar-refractivity contribution in [2.75, 3.05) is 0 Å². The lowest BCUT2D eigenvalue weighted by atomic mass is 10.2. The van der Waals surface area contributed by atoms with Crippen molar-refractivity contribution in [1.82, 2.24) is 0 Å². The molecule has 0 bridgehead atoms. The van der Waals surface area contributed by atoms with Crippen LogP contribution in [-0.2, 0) is 6.54 Å². The Labute approximate surface area is 87.8 Å². The zero-order valence-electron chi connectivity index (χ0n) is 7.52. The Bertz CT molecular complexity index is 361. The van der Waals surface area contributed by atoms with Gasteiger partial charge in [0, 0.05) is 11.1 Å². The van der Waals surface area contributed by atoms with Gasteiger partial charge in [0.2, 0.25) is 0 Å². The van der Waals surface area contributed by atoms with E-state index in [2.05, 4.69) is 17.6 Å². The average Bonchev–Trinajstić information content (AvgIpc) is 2.18. The summed E-state index contributed by atoms with van der Waals surface area (Å²) in [4.78, 5) is 4.39. The number of halogens is 1. The van der Waals surface area contributed by atoms with Crippen LogP contribution in [0.1, 0.15) is 5.56 Å². The molecule has 0 aliphatic heterocycles. The van der Waals surface area contributed by atoms with Gasteiger partial charge in [0.25, 0.3) is 0 Å². The molecule has 2 nitrogen and oxygen atoms in total. The van der Waals surface area contributed by atoms with Crippen LogP contribution < -0.4 is 5.73 Å². The molecule has 0 saturated heterocycles. The number of thiol groups is 1. The van der Waals surface area contributed by atoms with Crippen molar-refractivity contribution < 1.29 is 4.39 Å². The summed E-state index contributed by atoms with van der Waals surface area (Å²) in [5.74, 6) is -0.317. The number of nitrogens with two attached hydrogens (primary N) is 1. The third-order valence-corrected chi connectivity index (χ3v) is 1.93. The van der Waals surface area contributed by atoms with E-state index in [4.69, 9.17) is 5.73 Å². The topological polar surface area (TPSA) is 38.4 Å². The van der Waals surface area contributed by atoms with E-state index in [9.17, 15) is 4.39 Å². The van der Waals surface area contributed by atoms with E-state index in [0.29, 0.717) is 11.4 Å². The molecule has 0 amide bonds. The minimum atomic E-state index is -0.317. The molecule has 0 heterocycles. The number of nitrogens with zero attached hydrogens (tertiary/aromatic N) is 1. The normalized spacial score (nSPS) is 11.6. The molecule has 0 atom stereocenters. The highest BCUT2D eigenvalue weighted by atomic mass is 32.1. The molecule has 2 N–H and O–H groups in total. The van der Waals surface area contributed by atoms with Gasteiger partial charge in [-0.3, -0.25) is 4.99 Å². The fraction of sp³-hybridized carbons (Fsp3) is 0.100. The second kappa shape index (κ2) is 5.44. The highest BCUT2D eigenvalue weighted by Crippen LogP contribution is 2.14. The Kier molecular flexibility index (Phi) is 4.19. The van der Waals surface area contributed by atoms with Crippen molar-refractivity contribution in [2.45, 2.75) is 11.4 Å². The lowest BCUT2D eigenvalue weighted by Gasteiger charge is -1.98. The third kappa shape index (κ3) is 3.22. The van der Waals surface area contributed by atoms with E-state index < -0.39 is 0 Å². The van der Waals surface area contributed by atoms with Gasteiger partial charge in [-0.15, -0.1) is 12.6 Å². The highest BCUT2D eigenvalue weighted by Gasteiger charge is 1.97. The summed E-state index contributed by atoms with van der Waals surface area (Å²) in [6.07, 6.45) is 4.63. The maximum Gasteiger partial charge on any atom is 0.136 e. The van der Waals surface area contributed by atoms with Crippen molar-refractivity contribution in [1.29, 1.82) is 0 Å². The molecule has 74 valence electrons. The van der Waals surface area contributed by atoms with Gasteiger partial charge in [-0.1, -0.05) is 6.07 Å². The second-order valence-electron chi connectivity index (χ2n) is 2.66. The lowest BCUT2D eigenvalue weighted by Crippen LogP contribution is -1.85. The van der Waals surface area contributed by atoms with Crippen LogP contribution in [-0.4, -0.2) is 6.21 Å². The lowest BCUT2D eigenvalue weighted by molar-refractivity contribution is 0.601. The van der Waals surface area contributed by atoms with Crippen LogP contribution in [0.2, 0.25) is 0 Å². The van der Waals surface area contributed by atoms with Gasteiger partial charge >= 0.3 is 0 Å². The summed E-state index contributed by atoms with van der Waals surface area (Å²) in [5, 5.41) is 0. The average molecular weight is 210 g/mol. The van der Waals surface area contributed by atoms with Gasteiger partial charge in [-0.25, -0.2) is 4.39 Å². The zero-order chi connectivity index (χ0) is 10.4. The molecule has 1 aromatic carbocycles. The van der Waals surface area contributed by atoms with E-state index in [1.54, 1.807) is 24.4 Å². The number of hydrogen-bond acceptors (Lipinski definition) is 3. The minimum absolute atomic E-state index is 0.317. The molecular formula is C10H11FN2S. The van der Waals surface area contributed by atoms with E-state index >= 15 is 0 Å². The first-order chi connectivity index (χ1) is 6.74. The van der Waals surface area contributed by atoms with Gasteiger partial charge in [-0.2, -0.15) is 0 Å². The Morgan fingerprint density at radius 1 is 1.50 bits per heavy atom. The first-order valence-electron chi connectivity index (χ1n) is 4.08. The van der Waals surface area contributed by atoms with Crippen molar-refractivity contribution >= 4 is 18.8 Å². The van der Waals surface area contributed by atoms with E-state index in [1.807, 2.05) is 0 Å². The Morgan fingerprint density at radius 2 is 2.29 bits per heavy atom. The first kappa shape index (κ1) is 10.8. The SMILES string of the molecule is NC=CC=NCc1ccc(F)c(S)c1. The summed E-state index contributed by atoms with van der Waals surface area (Å²) in [5.41, 5.74) is 6.03. The molecular weight excluding hydrogens is 199 g/mol. The summed E-state index contributed by atoms with van der Waals surface area (Å²) in [7, 11) is 0. The quantitative estimate of drug-likeness (QED) is 0.582. The minimum Gasteiger partial charge on any atom is -0.405 e. The Balaban J connectivity index is 2.64. The molecule has 0 aromatic heterocycles. The highest BCUT2D eigenvalue weighted by molar-refractivity contribution is 7.80. The van der Waals surface area contributed by atoms with Gasteiger partial charge in [-0.05, 0) is 30.0 Å². The first-order valence-corrected chi connectivity index (χ1v) is 4.53. The van der Waals surface area contributed by atoms with E-state index in [0.717, 1.165) is 5.56 Å². The number of benzene rings is 1. The maximum absolute atomic E-state index is 12.8. The predicted octanol–water partition coefficient (Wildman–Crippen LogP) is 2.16. The smallest absolute Gasteiger partial charge is 0.136 e. The van der Waals surface area contributed by atoms with E-state index in [-0.39, 0.29) is 5.82 Å². The third-order valence-electron chi connectivity index (χ3n) is 1.59. The van der Waals surface area contributed by atoms with Crippen LogP contribution in [0.4, 0.5) is 4.39 Å². The molecule has 0 radical (unpaired) electrons. The molecule has 1 aromatic rings. The summed E-state index contributed by atoms with van der Waals surface area (Å²) in [6.45, 7) is 0.498. The van der Waals surface area contributed by atoms with Crippen molar-refractivity contribution in [3.8, 4) is 0 Å². The standard InChI is InChI=1S/C10H11FN2S/c11-9-3-2-8(6-10(9)14)7-13-5-1-4-12/h1-6,14H,7,12H2. The molecule has 1 rings (SSSR count). The van der Waals surface area contributed by atoms with Crippen LogP contribution in [0.25, 0.3) is 0 Å². The van der Waals surface area contributed by atoms with Crippen molar-refractivity contribution in [2.24, 2.45) is 10.7 Å². The Morgan fingerprint density at radius 3 is 2.93 bits per heavy atom. The van der Waals surface area contributed by atoms with Crippen LogP contribution in [0.15, 0.2) is 40.4 Å². The van der Waals surface area contributed by atoms with E-state index in [1.165, 1.54) is 12.3 Å². The van der Waals surface area contributed by atoms with Gasteiger partial charge < -0.3 is 5.73 Å². The monoisotopic (exact) mass is 210 g/mol. The largest absolute Gasteiger partial charge is 0.405 e. The zero-order valence-corrected chi connectivity index (χ0v) is 8.42. The molecule has 0 saturated carbocycles. The van der Waals surface area contributed by atoms with Gasteiger partial charge in [0.15, 0.2) is 0 Å². The molecule has 0 aliphatic carbocycles. The molecule has 0 aliphatic rings. The number of hydrogen-bond donors (Lipinski definition) is 2. The molecule has 14 heavy (non-hydrogen) atoms. The van der Waals surface area contributed by atoms with Crippen molar-refractivity contribution in [3.05, 3.63) is 41.9 Å². The fourth-order valence-corrected chi connectivity index (χ4v) is 1.17. The molecule has 4 heteroatoms. The van der Waals surface area contributed by atoms with Gasteiger partial charge in [0.05, 0.1) is 6.54 Å². The predicted molar refractivity (Wildman–Crippen MR) is 59.2 cm³/mol. The van der Waals surface area contributed by atoms with Crippen LogP contribution in [0, 0.1) is 5.82 Å². The number of allylic oxidation sites excluding steroid dienone is 1. The summed E-state index contributed by atoms with van der Waals surface area (Å²) < 4.78 is 12.8.